The molecule has 1 fully saturated rings. The van der Waals surface area contributed by atoms with Gasteiger partial charge in [0.05, 0.1) is 6.61 Å². The van der Waals surface area contributed by atoms with E-state index >= 15 is 0 Å². The van der Waals surface area contributed by atoms with Crippen molar-refractivity contribution in [2.75, 3.05) is 39.3 Å². The maximum absolute atomic E-state index is 6.37. The molecule has 3 nitrogen and oxygen atoms in total. The van der Waals surface area contributed by atoms with E-state index in [1.807, 2.05) is 6.07 Å². The lowest BCUT2D eigenvalue weighted by Gasteiger charge is -2.28. The Labute approximate surface area is 133 Å². The number of benzene rings is 1. The number of nitrogens with one attached hydrogen (secondary N) is 1. The average molecular weight is 311 g/mol. The predicted molar refractivity (Wildman–Crippen MR) is 89.7 cm³/mol. The second kappa shape index (κ2) is 8.02. The molecule has 1 aromatic rings. The Morgan fingerprint density at radius 2 is 2.00 bits per heavy atom. The van der Waals surface area contributed by atoms with E-state index in [2.05, 4.69) is 31.0 Å². The van der Waals surface area contributed by atoms with Crippen LogP contribution < -0.4 is 10.1 Å². The van der Waals surface area contributed by atoms with E-state index in [4.69, 9.17) is 16.3 Å². The topological polar surface area (TPSA) is 24.5 Å². The van der Waals surface area contributed by atoms with E-state index in [1.54, 1.807) is 0 Å². The summed E-state index contributed by atoms with van der Waals surface area (Å²) < 4.78 is 6.00. The summed E-state index contributed by atoms with van der Waals surface area (Å²) in [4.78, 5) is 2.51. The van der Waals surface area contributed by atoms with Crippen LogP contribution in [0.2, 0.25) is 5.02 Å². The van der Waals surface area contributed by atoms with Crippen molar-refractivity contribution in [2.45, 2.75) is 33.6 Å². The number of nitrogens with zero attached hydrogens (tertiary/aromatic N) is 1. The standard InChI is InChI=1S/C17H27ClN2O/c1-4-11-21-17-13(2)12-16(18)14(3)15(17)5-8-20-9-6-19-7-10-20/h12,19H,4-11H2,1-3H3. The number of ether oxygens (including phenoxy) is 1. The molecule has 0 saturated carbocycles. The van der Waals surface area contributed by atoms with Crippen LogP contribution in [0.1, 0.15) is 30.0 Å². The zero-order valence-corrected chi connectivity index (χ0v) is 14.2. The fourth-order valence-corrected chi connectivity index (χ4v) is 3.10. The highest BCUT2D eigenvalue weighted by atomic mass is 35.5. The molecule has 0 spiro atoms. The molecule has 4 heteroatoms. The molecule has 0 unspecified atom stereocenters. The molecule has 2 rings (SSSR count). The van der Waals surface area contributed by atoms with Gasteiger partial charge in [-0.3, -0.25) is 0 Å². The number of piperazine rings is 1. The summed E-state index contributed by atoms with van der Waals surface area (Å²) in [5.74, 6) is 1.05. The average Bonchev–Trinajstić information content (AvgIpc) is 2.49. The van der Waals surface area contributed by atoms with Gasteiger partial charge in [-0.25, -0.2) is 0 Å². The monoisotopic (exact) mass is 310 g/mol. The Balaban J connectivity index is 2.14. The number of hydrogen-bond acceptors (Lipinski definition) is 3. The van der Waals surface area contributed by atoms with E-state index in [-0.39, 0.29) is 0 Å². The number of rotatable bonds is 6. The van der Waals surface area contributed by atoms with Gasteiger partial charge in [0.25, 0.3) is 0 Å². The Morgan fingerprint density at radius 1 is 1.29 bits per heavy atom. The van der Waals surface area contributed by atoms with Gasteiger partial charge in [0.2, 0.25) is 0 Å². The quantitative estimate of drug-likeness (QED) is 0.873. The number of hydrogen-bond donors (Lipinski definition) is 1. The minimum Gasteiger partial charge on any atom is -0.493 e. The molecule has 1 N–H and O–H groups in total. The minimum atomic E-state index is 0.766. The maximum atomic E-state index is 6.37. The van der Waals surface area contributed by atoms with Crippen molar-refractivity contribution in [3.05, 3.63) is 27.8 Å². The predicted octanol–water partition coefficient (Wildman–Crippen LogP) is 3.19. The Bertz CT molecular complexity index is 470. The highest BCUT2D eigenvalue weighted by Gasteiger charge is 2.16. The first kappa shape index (κ1) is 16.6. The molecule has 1 aliphatic rings. The first-order chi connectivity index (χ1) is 10.1. The molecule has 0 bridgehead atoms. The lowest BCUT2D eigenvalue weighted by Crippen LogP contribution is -2.44. The summed E-state index contributed by atoms with van der Waals surface area (Å²) in [7, 11) is 0. The zero-order chi connectivity index (χ0) is 15.2. The summed E-state index contributed by atoms with van der Waals surface area (Å²) in [5.41, 5.74) is 3.60. The number of aryl methyl sites for hydroxylation is 1. The van der Waals surface area contributed by atoms with Gasteiger partial charge >= 0.3 is 0 Å². The van der Waals surface area contributed by atoms with Crippen LogP contribution in [0.5, 0.6) is 5.75 Å². The number of halogens is 1. The van der Waals surface area contributed by atoms with Gasteiger partial charge in [-0.05, 0) is 43.9 Å². The molecule has 0 aromatic heterocycles. The lowest BCUT2D eigenvalue weighted by molar-refractivity contribution is 0.242. The molecule has 0 radical (unpaired) electrons. The third kappa shape index (κ3) is 4.35. The summed E-state index contributed by atoms with van der Waals surface area (Å²) >= 11 is 6.37. The highest BCUT2D eigenvalue weighted by Crippen LogP contribution is 2.32. The van der Waals surface area contributed by atoms with Crippen molar-refractivity contribution < 1.29 is 4.74 Å². The Hall–Kier alpha value is -0.770. The second-order valence-corrected chi connectivity index (χ2v) is 6.21. The van der Waals surface area contributed by atoms with E-state index in [1.165, 1.54) is 11.1 Å². The molecule has 0 atom stereocenters. The van der Waals surface area contributed by atoms with Crippen molar-refractivity contribution in [2.24, 2.45) is 0 Å². The summed E-state index contributed by atoms with van der Waals surface area (Å²) in [5, 5.41) is 4.25. The normalized spacial score (nSPS) is 16.2. The van der Waals surface area contributed by atoms with Crippen LogP contribution in [0.15, 0.2) is 6.07 Å². The van der Waals surface area contributed by atoms with Gasteiger partial charge in [-0.2, -0.15) is 0 Å². The third-order valence-electron chi connectivity index (χ3n) is 4.12. The fraction of sp³-hybridized carbons (Fsp3) is 0.647. The SMILES string of the molecule is CCCOc1c(C)cc(Cl)c(C)c1CCN1CCNCC1. The van der Waals surface area contributed by atoms with Crippen molar-refractivity contribution in [1.82, 2.24) is 10.2 Å². The Kier molecular flexibility index (Phi) is 6.34. The van der Waals surface area contributed by atoms with Crippen LogP contribution in [-0.2, 0) is 6.42 Å². The van der Waals surface area contributed by atoms with Crippen molar-refractivity contribution >= 4 is 11.6 Å². The van der Waals surface area contributed by atoms with Crippen LogP contribution in [0.25, 0.3) is 0 Å². The molecule has 1 aromatic carbocycles. The van der Waals surface area contributed by atoms with Crippen molar-refractivity contribution in [3.8, 4) is 5.75 Å². The van der Waals surface area contributed by atoms with Gasteiger partial charge in [0.1, 0.15) is 5.75 Å². The zero-order valence-electron chi connectivity index (χ0n) is 13.5. The van der Waals surface area contributed by atoms with Crippen LogP contribution in [0.4, 0.5) is 0 Å². The van der Waals surface area contributed by atoms with Crippen LogP contribution >= 0.6 is 11.6 Å². The molecular weight excluding hydrogens is 284 g/mol. The molecule has 118 valence electrons. The maximum Gasteiger partial charge on any atom is 0.125 e. The lowest BCUT2D eigenvalue weighted by atomic mass is 10.0. The van der Waals surface area contributed by atoms with Crippen LogP contribution in [-0.4, -0.2) is 44.2 Å². The molecular formula is C17H27ClN2O. The minimum absolute atomic E-state index is 0.766. The van der Waals surface area contributed by atoms with Crippen molar-refractivity contribution in [1.29, 1.82) is 0 Å². The fourth-order valence-electron chi connectivity index (χ4n) is 2.83. The Morgan fingerprint density at radius 3 is 2.67 bits per heavy atom. The van der Waals surface area contributed by atoms with Gasteiger partial charge < -0.3 is 15.0 Å². The summed E-state index contributed by atoms with van der Waals surface area (Å²) in [6, 6.07) is 2.02. The third-order valence-corrected chi connectivity index (χ3v) is 4.52. The van der Waals surface area contributed by atoms with E-state index in [0.717, 1.165) is 68.5 Å². The largest absolute Gasteiger partial charge is 0.493 e. The van der Waals surface area contributed by atoms with Gasteiger partial charge in [0.15, 0.2) is 0 Å². The first-order valence-electron chi connectivity index (χ1n) is 7.98. The molecule has 0 amide bonds. The molecule has 0 aliphatic carbocycles. The van der Waals surface area contributed by atoms with Crippen molar-refractivity contribution in [3.63, 3.8) is 0 Å². The van der Waals surface area contributed by atoms with Gasteiger partial charge in [0, 0.05) is 43.3 Å². The van der Waals surface area contributed by atoms with Crippen LogP contribution in [0.3, 0.4) is 0 Å². The molecule has 21 heavy (non-hydrogen) atoms. The van der Waals surface area contributed by atoms with E-state index in [0.29, 0.717) is 0 Å². The highest BCUT2D eigenvalue weighted by molar-refractivity contribution is 6.31. The summed E-state index contributed by atoms with van der Waals surface area (Å²) in [6.07, 6.45) is 2.03. The molecule has 1 aliphatic heterocycles. The second-order valence-electron chi connectivity index (χ2n) is 5.80. The van der Waals surface area contributed by atoms with E-state index < -0.39 is 0 Å². The van der Waals surface area contributed by atoms with Gasteiger partial charge in [-0.1, -0.05) is 18.5 Å². The smallest absolute Gasteiger partial charge is 0.125 e. The van der Waals surface area contributed by atoms with Gasteiger partial charge in [-0.15, -0.1) is 0 Å². The summed E-state index contributed by atoms with van der Waals surface area (Å²) in [6.45, 7) is 12.6. The van der Waals surface area contributed by atoms with E-state index in [9.17, 15) is 0 Å². The first-order valence-corrected chi connectivity index (χ1v) is 8.35. The van der Waals surface area contributed by atoms with Crippen LogP contribution in [0, 0.1) is 13.8 Å². The molecule has 1 heterocycles. The molecule has 1 saturated heterocycles.